The number of methoxy groups -OCH3 is 1. The van der Waals surface area contributed by atoms with Gasteiger partial charge in [0.15, 0.2) is 11.6 Å². The number of hydrogen-bond donors (Lipinski definition) is 0. The third-order valence-corrected chi connectivity index (χ3v) is 4.83. The highest BCUT2D eigenvalue weighted by Crippen LogP contribution is 2.28. The number of rotatable bonds is 6. The van der Waals surface area contributed by atoms with Crippen LogP contribution in [0.1, 0.15) is 30.5 Å². The second-order valence-corrected chi connectivity index (χ2v) is 6.72. The minimum absolute atomic E-state index is 0.221. The average Bonchev–Trinajstić information content (AvgIpc) is 3.22. The molecule has 1 aliphatic rings. The molecule has 2 aromatic heterocycles. The molecule has 0 amide bonds. The molecule has 1 saturated heterocycles. The van der Waals surface area contributed by atoms with Crippen LogP contribution in [0.15, 0.2) is 47.0 Å². The van der Waals surface area contributed by atoms with Crippen LogP contribution in [0.2, 0.25) is 0 Å². The van der Waals surface area contributed by atoms with E-state index < -0.39 is 0 Å². The van der Waals surface area contributed by atoms with Gasteiger partial charge in [-0.3, -0.25) is 0 Å². The number of aromatic nitrogens is 4. The van der Waals surface area contributed by atoms with Crippen LogP contribution in [-0.2, 0) is 11.2 Å². The minimum atomic E-state index is 0.221. The number of ether oxygens (including phenoxy) is 1. The summed E-state index contributed by atoms with van der Waals surface area (Å²) >= 11 is 0. The highest BCUT2D eigenvalue weighted by atomic mass is 16.5. The zero-order valence-electron chi connectivity index (χ0n) is 15.4. The summed E-state index contributed by atoms with van der Waals surface area (Å²) in [5, 5.41) is 12.9. The molecule has 1 atom stereocenters. The molecule has 1 aromatic carbocycles. The Balaban J connectivity index is 1.44. The molecule has 0 aliphatic carbocycles. The highest BCUT2D eigenvalue weighted by molar-refractivity contribution is 5.59. The summed E-state index contributed by atoms with van der Waals surface area (Å²) in [6.07, 6.45) is 2.77. The van der Waals surface area contributed by atoms with Gasteiger partial charge in [-0.15, -0.1) is 10.2 Å². The maximum absolute atomic E-state index is 5.48. The molecule has 7 heteroatoms. The second-order valence-electron chi connectivity index (χ2n) is 6.72. The van der Waals surface area contributed by atoms with Gasteiger partial charge in [0.25, 0.3) is 0 Å². The Morgan fingerprint density at radius 3 is 2.81 bits per heavy atom. The summed E-state index contributed by atoms with van der Waals surface area (Å²) in [6, 6.07) is 14.1. The molecule has 0 unspecified atom stereocenters. The minimum Gasteiger partial charge on any atom is -0.384 e. The van der Waals surface area contributed by atoms with E-state index in [1.807, 2.05) is 42.5 Å². The predicted molar refractivity (Wildman–Crippen MR) is 102 cm³/mol. The molecule has 7 nitrogen and oxygen atoms in total. The molecule has 0 bridgehead atoms. The van der Waals surface area contributed by atoms with Crippen LogP contribution >= 0.6 is 0 Å². The van der Waals surface area contributed by atoms with Crippen LogP contribution < -0.4 is 4.90 Å². The SMILES string of the molecule is COCCc1noc([C@H]2CCCN(c3ccc(-c4ccccc4)nn3)C2)n1. The zero-order chi connectivity index (χ0) is 18.5. The van der Waals surface area contributed by atoms with E-state index in [2.05, 4.69) is 25.2 Å². The quantitative estimate of drug-likeness (QED) is 0.664. The summed E-state index contributed by atoms with van der Waals surface area (Å²) < 4.78 is 10.6. The van der Waals surface area contributed by atoms with E-state index >= 15 is 0 Å². The lowest BCUT2D eigenvalue weighted by Gasteiger charge is -2.31. The molecule has 140 valence electrons. The van der Waals surface area contributed by atoms with E-state index in [1.165, 1.54) is 0 Å². The second kappa shape index (κ2) is 8.26. The van der Waals surface area contributed by atoms with Crippen molar-refractivity contribution in [1.82, 2.24) is 20.3 Å². The summed E-state index contributed by atoms with van der Waals surface area (Å²) in [7, 11) is 1.67. The molecule has 0 spiro atoms. The smallest absolute Gasteiger partial charge is 0.231 e. The van der Waals surface area contributed by atoms with E-state index in [9.17, 15) is 0 Å². The van der Waals surface area contributed by atoms with Gasteiger partial charge in [-0.1, -0.05) is 35.5 Å². The van der Waals surface area contributed by atoms with Gasteiger partial charge in [0.1, 0.15) is 0 Å². The number of benzene rings is 1. The van der Waals surface area contributed by atoms with Gasteiger partial charge < -0.3 is 14.2 Å². The summed E-state index contributed by atoms with van der Waals surface area (Å²) in [4.78, 5) is 6.78. The summed E-state index contributed by atoms with van der Waals surface area (Å²) in [6.45, 7) is 2.37. The zero-order valence-corrected chi connectivity index (χ0v) is 15.4. The lowest BCUT2D eigenvalue weighted by Crippen LogP contribution is -2.35. The molecular formula is C20H23N5O2. The maximum atomic E-state index is 5.48. The number of hydrogen-bond acceptors (Lipinski definition) is 7. The fraction of sp³-hybridized carbons (Fsp3) is 0.400. The summed E-state index contributed by atoms with van der Waals surface area (Å²) in [5.74, 6) is 2.52. The van der Waals surface area contributed by atoms with Crippen molar-refractivity contribution in [3.05, 3.63) is 54.2 Å². The van der Waals surface area contributed by atoms with Crippen LogP contribution in [-0.4, -0.2) is 47.1 Å². The van der Waals surface area contributed by atoms with Gasteiger partial charge >= 0.3 is 0 Å². The third-order valence-electron chi connectivity index (χ3n) is 4.83. The Hall–Kier alpha value is -2.80. The van der Waals surface area contributed by atoms with E-state index in [0.717, 1.165) is 43.0 Å². The topological polar surface area (TPSA) is 77.2 Å². The van der Waals surface area contributed by atoms with Crippen molar-refractivity contribution in [1.29, 1.82) is 0 Å². The van der Waals surface area contributed by atoms with Gasteiger partial charge in [-0.2, -0.15) is 4.98 Å². The fourth-order valence-electron chi connectivity index (χ4n) is 3.37. The van der Waals surface area contributed by atoms with Crippen LogP contribution in [0, 0.1) is 0 Å². The Bertz CT molecular complexity index is 850. The first-order valence-corrected chi connectivity index (χ1v) is 9.29. The highest BCUT2D eigenvalue weighted by Gasteiger charge is 2.27. The standard InChI is InChI=1S/C20H23N5O2/c1-26-13-11-18-21-20(27-24-18)16-8-5-12-25(14-16)19-10-9-17(22-23-19)15-6-3-2-4-7-15/h2-4,6-7,9-10,16H,5,8,11-14H2,1H3/t16-/m0/s1. The number of anilines is 1. The van der Waals surface area contributed by atoms with Gasteiger partial charge in [0.2, 0.25) is 5.89 Å². The van der Waals surface area contributed by atoms with E-state index in [1.54, 1.807) is 7.11 Å². The van der Waals surface area contributed by atoms with Gasteiger partial charge in [0, 0.05) is 32.2 Å². The largest absolute Gasteiger partial charge is 0.384 e. The number of piperidine rings is 1. The molecular weight excluding hydrogens is 342 g/mol. The molecule has 1 aliphatic heterocycles. The van der Waals surface area contributed by atoms with Crippen LogP contribution in [0.25, 0.3) is 11.3 Å². The van der Waals surface area contributed by atoms with Gasteiger partial charge in [-0.05, 0) is 25.0 Å². The molecule has 0 N–H and O–H groups in total. The lowest BCUT2D eigenvalue weighted by molar-refractivity contribution is 0.199. The van der Waals surface area contributed by atoms with Crippen molar-refractivity contribution in [2.24, 2.45) is 0 Å². The first-order valence-electron chi connectivity index (χ1n) is 9.29. The molecule has 0 radical (unpaired) electrons. The fourth-order valence-corrected chi connectivity index (χ4v) is 3.37. The van der Waals surface area contributed by atoms with E-state index in [0.29, 0.717) is 24.7 Å². The average molecular weight is 365 g/mol. The van der Waals surface area contributed by atoms with Crippen molar-refractivity contribution < 1.29 is 9.26 Å². The van der Waals surface area contributed by atoms with Crippen molar-refractivity contribution in [2.75, 3.05) is 31.7 Å². The van der Waals surface area contributed by atoms with Gasteiger partial charge in [-0.25, -0.2) is 0 Å². The van der Waals surface area contributed by atoms with Crippen molar-refractivity contribution in [3.8, 4) is 11.3 Å². The Labute approximate surface area is 158 Å². The van der Waals surface area contributed by atoms with Crippen molar-refractivity contribution in [3.63, 3.8) is 0 Å². The Kier molecular flexibility index (Phi) is 5.39. The van der Waals surface area contributed by atoms with Crippen LogP contribution in [0.5, 0.6) is 0 Å². The Morgan fingerprint density at radius 1 is 1.15 bits per heavy atom. The number of nitrogens with zero attached hydrogens (tertiary/aromatic N) is 5. The summed E-state index contributed by atoms with van der Waals surface area (Å²) in [5.41, 5.74) is 1.95. The van der Waals surface area contributed by atoms with Crippen molar-refractivity contribution >= 4 is 5.82 Å². The molecule has 3 heterocycles. The molecule has 27 heavy (non-hydrogen) atoms. The first kappa shape index (κ1) is 17.6. The van der Waals surface area contributed by atoms with Crippen molar-refractivity contribution in [2.45, 2.75) is 25.2 Å². The predicted octanol–water partition coefficient (Wildman–Crippen LogP) is 3.10. The lowest BCUT2D eigenvalue weighted by atomic mass is 9.98. The van der Waals surface area contributed by atoms with Crippen LogP contribution in [0.4, 0.5) is 5.82 Å². The molecule has 3 aromatic rings. The molecule has 0 saturated carbocycles. The first-order chi connectivity index (χ1) is 13.3. The Morgan fingerprint density at radius 2 is 2.04 bits per heavy atom. The third kappa shape index (κ3) is 4.14. The monoisotopic (exact) mass is 365 g/mol. The normalized spacial score (nSPS) is 17.2. The maximum Gasteiger partial charge on any atom is 0.231 e. The molecule has 4 rings (SSSR count). The van der Waals surface area contributed by atoms with Crippen LogP contribution in [0.3, 0.4) is 0 Å². The van der Waals surface area contributed by atoms with E-state index in [4.69, 9.17) is 9.26 Å². The molecule has 1 fully saturated rings. The van der Waals surface area contributed by atoms with Gasteiger partial charge in [0.05, 0.1) is 18.2 Å². The van der Waals surface area contributed by atoms with E-state index in [-0.39, 0.29) is 5.92 Å².